The molecule has 0 amide bonds. The number of aromatic nitrogens is 2. The van der Waals surface area contributed by atoms with Gasteiger partial charge < -0.3 is 5.11 Å². The molecular weight excluding hydrogens is 224 g/mol. The van der Waals surface area contributed by atoms with Gasteiger partial charge in [0, 0.05) is 19.2 Å². The summed E-state index contributed by atoms with van der Waals surface area (Å²) in [5.41, 5.74) is 4.43. The van der Waals surface area contributed by atoms with Gasteiger partial charge in [-0.15, -0.1) is 0 Å². The van der Waals surface area contributed by atoms with Crippen LogP contribution >= 0.6 is 0 Å². The van der Waals surface area contributed by atoms with Gasteiger partial charge in [-0.2, -0.15) is 5.10 Å². The molecule has 0 aliphatic rings. The molecule has 0 fully saturated rings. The number of benzene rings is 1. The Balaban J connectivity index is 2.13. The minimum atomic E-state index is -0.460. The van der Waals surface area contributed by atoms with Crippen molar-refractivity contribution in [3.05, 3.63) is 52.8 Å². The summed E-state index contributed by atoms with van der Waals surface area (Å²) >= 11 is 0. The maximum Gasteiger partial charge on any atom is 0.0831 e. The number of aliphatic hydroxyl groups is 1. The second-order valence-electron chi connectivity index (χ2n) is 4.85. The highest BCUT2D eigenvalue weighted by Crippen LogP contribution is 2.20. The molecule has 0 saturated carbocycles. The Kier molecular flexibility index (Phi) is 3.82. The molecule has 0 bridgehead atoms. The lowest BCUT2D eigenvalue weighted by molar-refractivity contribution is 0.178. The second-order valence-corrected chi connectivity index (χ2v) is 4.85. The van der Waals surface area contributed by atoms with Crippen LogP contribution in [0.2, 0.25) is 0 Å². The van der Waals surface area contributed by atoms with Crippen molar-refractivity contribution in [2.24, 2.45) is 0 Å². The molecular formula is C15H20N2O. The number of aryl methyl sites for hydroxylation is 3. The fourth-order valence-electron chi connectivity index (χ4n) is 2.23. The third-order valence-corrected chi connectivity index (χ3v) is 3.07. The number of nitrogens with zero attached hydrogens (tertiary/aromatic N) is 2. The number of rotatable bonds is 4. The van der Waals surface area contributed by atoms with Crippen LogP contribution in [0.4, 0.5) is 0 Å². The van der Waals surface area contributed by atoms with Crippen molar-refractivity contribution in [3.63, 3.8) is 0 Å². The summed E-state index contributed by atoms with van der Waals surface area (Å²) in [6, 6.07) is 6.20. The summed E-state index contributed by atoms with van der Waals surface area (Å²) in [6.07, 6.45) is 3.97. The maximum atomic E-state index is 10.3. The van der Waals surface area contributed by atoms with Crippen molar-refractivity contribution >= 4 is 0 Å². The Hall–Kier alpha value is -1.61. The predicted molar refractivity (Wildman–Crippen MR) is 72.5 cm³/mol. The molecule has 18 heavy (non-hydrogen) atoms. The number of hydrogen-bond donors (Lipinski definition) is 1. The van der Waals surface area contributed by atoms with Gasteiger partial charge in [-0.25, -0.2) is 0 Å². The van der Waals surface area contributed by atoms with Gasteiger partial charge in [0.1, 0.15) is 0 Å². The van der Waals surface area contributed by atoms with E-state index in [4.69, 9.17) is 0 Å². The van der Waals surface area contributed by atoms with Gasteiger partial charge in [0.05, 0.1) is 12.3 Å². The van der Waals surface area contributed by atoms with Gasteiger partial charge in [-0.3, -0.25) is 4.68 Å². The predicted octanol–water partition coefficient (Wildman–Crippen LogP) is 2.80. The van der Waals surface area contributed by atoms with Crippen LogP contribution in [0.5, 0.6) is 0 Å². The zero-order valence-corrected chi connectivity index (χ0v) is 11.2. The number of hydrogen-bond acceptors (Lipinski definition) is 2. The van der Waals surface area contributed by atoms with Crippen molar-refractivity contribution in [2.75, 3.05) is 0 Å². The third-order valence-electron chi connectivity index (χ3n) is 3.07. The molecule has 3 nitrogen and oxygen atoms in total. The van der Waals surface area contributed by atoms with E-state index in [2.05, 4.69) is 31.9 Å². The normalized spacial score (nSPS) is 12.7. The fraction of sp³-hybridized carbons (Fsp3) is 0.400. The lowest BCUT2D eigenvalue weighted by atomic mass is 9.99. The topological polar surface area (TPSA) is 38.0 Å². The summed E-state index contributed by atoms with van der Waals surface area (Å²) in [4.78, 5) is 0. The van der Waals surface area contributed by atoms with E-state index in [-0.39, 0.29) is 0 Å². The van der Waals surface area contributed by atoms with Crippen molar-refractivity contribution in [2.45, 2.75) is 39.8 Å². The van der Waals surface area contributed by atoms with Gasteiger partial charge in [0.15, 0.2) is 0 Å². The lowest BCUT2D eigenvalue weighted by Gasteiger charge is -2.11. The van der Waals surface area contributed by atoms with E-state index in [0.29, 0.717) is 6.42 Å². The van der Waals surface area contributed by atoms with E-state index >= 15 is 0 Å². The third kappa shape index (κ3) is 2.99. The van der Waals surface area contributed by atoms with Gasteiger partial charge >= 0.3 is 0 Å². The summed E-state index contributed by atoms with van der Waals surface area (Å²) < 4.78 is 1.88. The molecule has 0 aliphatic carbocycles. The fourth-order valence-corrected chi connectivity index (χ4v) is 2.23. The summed E-state index contributed by atoms with van der Waals surface area (Å²) in [5.74, 6) is 0. The number of aliphatic hydroxyl groups excluding tert-OH is 1. The molecule has 0 saturated heterocycles. The van der Waals surface area contributed by atoms with E-state index in [1.165, 1.54) is 11.1 Å². The molecule has 1 aromatic heterocycles. The van der Waals surface area contributed by atoms with Crippen LogP contribution < -0.4 is 0 Å². The first kappa shape index (κ1) is 12.8. The Bertz CT molecular complexity index is 511. The van der Waals surface area contributed by atoms with Gasteiger partial charge in [0.25, 0.3) is 0 Å². The zero-order valence-electron chi connectivity index (χ0n) is 11.2. The van der Waals surface area contributed by atoms with Gasteiger partial charge in [-0.1, -0.05) is 29.3 Å². The van der Waals surface area contributed by atoms with Crippen LogP contribution in [0.1, 0.15) is 35.3 Å². The first-order valence-corrected chi connectivity index (χ1v) is 6.36. The van der Waals surface area contributed by atoms with Crippen molar-refractivity contribution in [1.29, 1.82) is 0 Å². The van der Waals surface area contributed by atoms with Crippen LogP contribution in [0, 0.1) is 13.8 Å². The van der Waals surface area contributed by atoms with Gasteiger partial charge in [0.2, 0.25) is 0 Å². The molecule has 96 valence electrons. The molecule has 1 aromatic carbocycles. The average Bonchev–Trinajstić information content (AvgIpc) is 2.75. The molecule has 1 heterocycles. The SMILES string of the molecule is CCn1cc(CC(O)c2cc(C)cc(C)c2)cn1. The largest absolute Gasteiger partial charge is 0.388 e. The van der Waals surface area contributed by atoms with E-state index < -0.39 is 6.10 Å². The standard InChI is InChI=1S/C15H20N2O/c1-4-17-10-13(9-16-17)8-15(18)14-6-11(2)5-12(3)7-14/h5-7,9-10,15,18H,4,8H2,1-3H3. The molecule has 1 N–H and O–H groups in total. The van der Waals surface area contributed by atoms with E-state index in [1.54, 1.807) is 0 Å². The molecule has 0 spiro atoms. The van der Waals surface area contributed by atoms with Gasteiger partial charge in [-0.05, 0) is 31.9 Å². The Morgan fingerprint density at radius 3 is 2.44 bits per heavy atom. The zero-order chi connectivity index (χ0) is 13.1. The molecule has 2 aromatic rings. The minimum Gasteiger partial charge on any atom is -0.388 e. The molecule has 0 radical (unpaired) electrons. The van der Waals surface area contributed by atoms with E-state index in [9.17, 15) is 5.11 Å². The summed E-state index contributed by atoms with van der Waals surface area (Å²) in [5, 5.41) is 14.5. The molecule has 1 atom stereocenters. The first-order valence-electron chi connectivity index (χ1n) is 6.36. The monoisotopic (exact) mass is 244 g/mol. The quantitative estimate of drug-likeness (QED) is 0.898. The van der Waals surface area contributed by atoms with Crippen LogP contribution in [-0.2, 0) is 13.0 Å². The lowest BCUT2D eigenvalue weighted by Crippen LogP contribution is -2.02. The highest BCUT2D eigenvalue weighted by atomic mass is 16.3. The minimum absolute atomic E-state index is 0.460. The van der Waals surface area contributed by atoms with Crippen molar-refractivity contribution < 1.29 is 5.11 Å². The van der Waals surface area contributed by atoms with Crippen molar-refractivity contribution in [1.82, 2.24) is 9.78 Å². The molecule has 1 unspecified atom stereocenters. The molecule has 2 rings (SSSR count). The average molecular weight is 244 g/mol. The highest BCUT2D eigenvalue weighted by molar-refractivity contribution is 5.30. The smallest absolute Gasteiger partial charge is 0.0831 e. The second kappa shape index (κ2) is 5.36. The summed E-state index contributed by atoms with van der Waals surface area (Å²) in [7, 11) is 0. The Morgan fingerprint density at radius 2 is 1.89 bits per heavy atom. The van der Waals surface area contributed by atoms with Crippen LogP contribution in [0.25, 0.3) is 0 Å². The maximum absolute atomic E-state index is 10.3. The Morgan fingerprint density at radius 1 is 1.22 bits per heavy atom. The Labute approximate surface area is 108 Å². The highest BCUT2D eigenvalue weighted by Gasteiger charge is 2.10. The van der Waals surface area contributed by atoms with Crippen LogP contribution in [-0.4, -0.2) is 14.9 Å². The first-order chi connectivity index (χ1) is 8.58. The summed E-state index contributed by atoms with van der Waals surface area (Å²) in [6.45, 7) is 7.02. The molecule has 0 aliphatic heterocycles. The van der Waals surface area contributed by atoms with Crippen LogP contribution in [0.15, 0.2) is 30.6 Å². The van der Waals surface area contributed by atoms with E-state index in [1.807, 2.05) is 29.2 Å². The van der Waals surface area contributed by atoms with Crippen LogP contribution in [0.3, 0.4) is 0 Å². The van der Waals surface area contributed by atoms with E-state index in [0.717, 1.165) is 17.7 Å². The van der Waals surface area contributed by atoms with Crippen molar-refractivity contribution in [3.8, 4) is 0 Å². The molecule has 3 heteroatoms.